The quantitative estimate of drug-likeness (QED) is 0.365. The number of carbonyl (C=O) groups excluding carboxylic acids is 1. The first kappa shape index (κ1) is 22.8. The van der Waals surface area contributed by atoms with Crippen molar-refractivity contribution in [3.63, 3.8) is 0 Å². The number of rotatable bonds is 8. The fourth-order valence-corrected chi connectivity index (χ4v) is 4.86. The van der Waals surface area contributed by atoms with Crippen LogP contribution >= 0.6 is 0 Å². The molecular weight excluding hydrogens is 445 g/mol. The number of anilines is 1. The van der Waals surface area contributed by atoms with Crippen LogP contribution in [0.25, 0.3) is 22.2 Å². The first-order valence-electron chi connectivity index (χ1n) is 11.8. The third-order valence-corrected chi connectivity index (χ3v) is 6.56. The minimum absolute atomic E-state index is 0.0167. The average Bonchev–Trinajstić information content (AvgIpc) is 3.36. The topological polar surface area (TPSA) is 81.1 Å². The second kappa shape index (κ2) is 9.37. The lowest BCUT2D eigenvalue weighted by molar-refractivity contribution is 0.0955. The third-order valence-electron chi connectivity index (χ3n) is 6.56. The molecule has 3 heterocycles. The molecule has 2 aromatic heterocycles. The number of amides is 1. The smallest absolute Gasteiger partial charge is 0.252 e. The summed E-state index contributed by atoms with van der Waals surface area (Å²) < 4.78 is 22.0. The molecule has 1 aliphatic rings. The number of ether oxygens (including phenoxy) is 1. The molecule has 35 heavy (non-hydrogen) atoms. The van der Waals surface area contributed by atoms with Crippen molar-refractivity contribution in [2.24, 2.45) is 0 Å². The zero-order valence-electron chi connectivity index (χ0n) is 20.1. The number of aromatic nitrogens is 3. The van der Waals surface area contributed by atoms with Crippen molar-refractivity contribution in [3.8, 4) is 17.0 Å². The van der Waals surface area contributed by atoms with Gasteiger partial charge in [-0.15, -0.1) is 0 Å². The molecule has 7 nitrogen and oxygen atoms in total. The van der Waals surface area contributed by atoms with Gasteiger partial charge in [0.1, 0.15) is 23.7 Å². The van der Waals surface area contributed by atoms with Crippen molar-refractivity contribution < 1.29 is 13.9 Å². The lowest BCUT2D eigenvalue weighted by atomic mass is 9.97. The van der Waals surface area contributed by atoms with Gasteiger partial charge in [0.15, 0.2) is 0 Å². The molecule has 0 aliphatic carbocycles. The predicted molar refractivity (Wildman–Crippen MR) is 134 cm³/mol. The summed E-state index contributed by atoms with van der Waals surface area (Å²) in [7, 11) is 1.59. The molecule has 2 aromatic carbocycles. The zero-order valence-corrected chi connectivity index (χ0v) is 20.1. The number of fused-ring (bicyclic) bond motifs is 2. The first-order chi connectivity index (χ1) is 17.0. The van der Waals surface area contributed by atoms with Crippen LogP contribution in [0.3, 0.4) is 0 Å². The van der Waals surface area contributed by atoms with E-state index in [0.717, 1.165) is 46.3 Å². The molecule has 0 saturated carbocycles. The molecule has 1 amide bonds. The number of carbonyl (C=O) groups is 1. The van der Waals surface area contributed by atoms with Gasteiger partial charge in [-0.05, 0) is 49.2 Å². The maximum Gasteiger partial charge on any atom is 0.252 e. The van der Waals surface area contributed by atoms with E-state index in [1.807, 2.05) is 41.8 Å². The van der Waals surface area contributed by atoms with Crippen LogP contribution < -0.4 is 15.4 Å². The number of nitrogens with zero attached hydrogens (tertiary/aromatic N) is 3. The monoisotopic (exact) mass is 473 g/mol. The minimum Gasteiger partial charge on any atom is -0.496 e. The minimum atomic E-state index is -0.274. The van der Waals surface area contributed by atoms with Gasteiger partial charge in [-0.2, -0.15) is 0 Å². The standard InChI is InChI=1S/C27H28FN5O2/c1-4-5-22-19-13-17(6-7-18(19)27(34)32-22)23-14-25(31-15-30-23)29-10-11-33-16(2)12-20-24(35-3)9-8-21(28)26(20)33/h6-9,12-15,22H,4-5,10-11H2,1-3H3,(H,32,34)(H,29,30,31)/t22-/m1/s1. The number of nitrogens with one attached hydrogen (secondary N) is 2. The van der Waals surface area contributed by atoms with E-state index >= 15 is 0 Å². The Balaban J connectivity index is 1.34. The molecule has 1 aliphatic heterocycles. The van der Waals surface area contributed by atoms with Crippen molar-refractivity contribution in [1.82, 2.24) is 19.9 Å². The van der Waals surface area contributed by atoms with E-state index in [1.165, 1.54) is 12.4 Å². The number of aryl methyl sites for hydroxylation is 1. The molecule has 1 atom stereocenters. The normalized spacial score (nSPS) is 14.7. The van der Waals surface area contributed by atoms with Crippen LogP contribution in [0.2, 0.25) is 0 Å². The lowest BCUT2D eigenvalue weighted by Crippen LogP contribution is -2.18. The Bertz CT molecular complexity index is 1410. The summed E-state index contributed by atoms with van der Waals surface area (Å²) in [6.45, 7) is 5.18. The fourth-order valence-electron chi connectivity index (χ4n) is 4.86. The summed E-state index contributed by atoms with van der Waals surface area (Å²) in [5, 5.41) is 7.15. The van der Waals surface area contributed by atoms with Crippen molar-refractivity contribution >= 4 is 22.6 Å². The van der Waals surface area contributed by atoms with Crippen LogP contribution in [0.15, 0.2) is 48.8 Å². The molecule has 0 spiro atoms. The first-order valence-corrected chi connectivity index (χ1v) is 11.8. The van der Waals surface area contributed by atoms with Crippen LogP contribution in [-0.2, 0) is 6.54 Å². The average molecular weight is 474 g/mol. The van der Waals surface area contributed by atoms with Crippen molar-refractivity contribution in [3.05, 3.63) is 71.4 Å². The molecule has 180 valence electrons. The van der Waals surface area contributed by atoms with Crippen LogP contribution in [0.1, 0.15) is 47.4 Å². The van der Waals surface area contributed by atoms with E-state index in [0.29, 0.717) is 30.2 Å². The molecule has 0 bridgehead atoms. The Morgan fingerprint density at radius 2 is 2.03 bits per heavy atom. The van der Waals surface area contributed by atoms with Gasteiger partial charge >= 0.3 is 0 Å². The second-order valence-corrected chi connectivity index (χ2v) is 8.78. The Morgan fingerprint density at radius 1 is 1.17 bits per heavy atom. The number of hydrogen-bond acceptors (Lipinski definition) is 5. The van der Waals surface area contributed by atoms with Crippen LogP contribution in [-0.4, -0.2) is 34.1 Å². The highest BCUT2D eigenvalue weighted by Gasteiger charge is 2.28. The van der Waals surface area contributed by atoms with Crippen LogP contribution in [0.5, 0.6) is 5.75 Å². The molecule has 8 heteroatoms. The van der Waals surface area contributed by atoms with Gasteiger partial charge in [0.2, 0.25) is 0 Å². The number of benzene rings is 2. The maximum atomic E-state index is 14.6. The SMILES string of the molecule is CCC[C@H]1NC(=O)c2ccc(-c3cc(NCCn4c(C)cc5c(OC)ccc(F)c54)ncn3)cc21. The summed E-state index contributed by atoms with van der Waals surface area (Å²) in [4.78, 5) is 21.0. The molecule has 0 saturated heterocycles. The van der Waals surface area contributed by atoms with Gasteiger partial charge < -0.3 is 19.9 Å². The molecule has 4 aromatic rings. The summed E-state index contributed by atoms with van der Waals surface area (Å²) in [5.74, 6) is 1.05. The molecule has 5 rings (SSSR count). The predicted octanol–water partition coefficient (Wildman–Crippen LogP) is 5.25. The molecule has 0 unspecified atom stereocenters. The van der Waals surface area contributed by atoms with Crippen LogP contribution in [0, 0.1) is 12.7 Å². The fraction of sp³-hybridized carbons (Fsp3) is 0.296. The van der Waals surface area contributed by atoms with Crippen molar-refractivity contribution in [2.45, 2.75) is 39.3 Å². The highest BCUT2D eigenvalue weighted by Crippen LogP contribution is 2.33. The second-order valence-electron chi connectivity index (χ2n) is 8.78. The van der Waals surface area contributed by atoms with E-state index in [-0.39, 0.29) is 17.8 Å². The molecular formula is C27H28FN5O2. The Hall–Kier alpha value is -3.94. The van der Waals surface area contributed by atoms with Gasteiger partial charge in [-0.1, -0.05) is 19.4 Å². The Morgan fingerprint density at radius 3 is 2.83 bits per heavy atom. The van der Waals surface area contributed by atoms with E-state index in [2.05, 4.69) is 27.5 Å². The van der Waals surface area contributed by atoms with Crippen molar-refractivity contribution in [1.29, 1.82) is 0 Å². The van der Waals surface area contributed by atoms with E-state index in [4.69, 9.17) is 4.74 Å². The molecule has 0 radical (unpaired) electrons. The Kier molecular flexibility index (Phi) is 6.11. The lowest BCUT2D eigenvalue weighted by Gasteiger charge is -2.12. The zero-order chi connectivity index (χ0) is 24.5. The number of hydrogen-bond donors (Lipinski definition) is 2. The van der Waals surface area contributed by atoms with Gasteiger partial charge in [0.05, 0.1) is 24.4 Å². The maximum absolute atomic E-state index is 14.6. The Labute approximate surface area is 203 Å². The van der Waals surface area contributed by atoms with Gasteiger partial charge in [-0.3, -0.25) is 4.79 Å². The highest BCUT2D eigenvalue weighted by atomic mass is 19.1. The number of methoxy groups -OCH3 is 1. The molecule has 0 fully saturated rings. The van der Waals surface area contributed by atoms with E-state index in [9.17, 15) is 9.18 Å². The summed E-state index contributed by atoms with van der Waals surface area (Å²) in [6.07, 6.45) is 3.42. The van der Waals surface area contributed by atoms with Gasteiger partial charge in [0, 0.05) is 41.4 Å². The summed E-state index contributed by atoms with van der Waals surface area (Å²) in [5.41, 5.74) is 4.96. The van der Waals surface area contributed by atoms with E-state index in [1.54, 1.807) is 13.2 Å². The molecule has 2 N–H and O–H groups in total. The van der Waals surface area contributed by atoms with E-state index < -0.39 is 0 Å². The largest absolute Gasteiger partial charge is 0.496 e. The summed E-state index contributed by atoms with van der Waals surface area (Å²) >= 11 is 0. The van der Waals surface area contributed by atoms with Gasteiger partial charge in [-0.25, -0.2) is 14.4 Å². The summed E-state index contributed by atoms with van der Waals surface area (Å²) in [6, 6.07) is 12.8. The van der Waals surface area contributed by atoms with Gasteiger partial charge in [0.25, 0.3) is 5.91 Å². The third kappa shape index (κ3) is 4.20. The van der Waals surface area contributed by atoms with Crippen LogP contribution in [0.4, 0.5) is 10.2 Å². The number of halogens is 1. The highest BCUT2D eigenvalue weighted by molar-refractivity contribution is 5.99. The van der Waals surface area contributed by atoms with Crippen molar-refractivity contribution in [2.75, 3.05) is 19.0 Å².